The second-order valence-corrected chi connectivity index (χ2v) is 4.81. The number of carbonyl (C=O) groups is 1. The van der Waals surface area contributed by atoms with E-state index in [0.29, 0.717) is 12.8 Å². The molecular formula is C8H13NO4S. The normalized spacial score (nSPS) is 13.1. The lowest BCUT2D eigenvalue weighted by Gasteiger charge is -2.08. The summed E-state index contributed by atoms with van der Waals surface area (Å²) in [6.07, 6.45) is 5.93. The van der Waals surface area contributed by atoms with Crippen LogP contribution in [0.4, 0.5) is 0 Å². The van der Waals surface area contributed by atoms with E-state index in [1.165, 1.54) is 0 Å². The third-order valence-corrected chi connectivity index (χ3v) is 3.35. The lowest BCUT2D eigenvalue weighted by Crippen LogP contribution is -2.37. The van der Waals surface area contributed by atoms with Gasteiger partial charge in [-0.05, 0) is 13.3 Å². The molecule has 0 heterocycles. The zero-order valence-electron chi connectivity index (χ0n) is 7.86. The van der Waals surface area contributed by atoms with Crippen LogP contribution in [0.1, 0.15) is 19.8 Å². The predicted molar refractivity (Wildman–Crippen MR) is 52.1 cm³/mol. The van der Waals surface area contributed by atoms with Crippen LogP contribution in [-0.4, -0.2) is 31.3 Å². The van der Waals surface area contributed by atoms with Crippen molar-refractivity contribution < 1.29 is 18.3 Å². The second-order valence-electron chi connectivity index (χ2n) is 2.73. The molecule has 0 aliphatic carbocycles. The van der Waals surface area contributed by atoms with Gasteiger partial charge in [0.2, 0.25) is 10.0 Å². The predicted octanol–water partition coefficient (Wildman–Crippen LogP) is -0.208. The van der Waals surface area contributed by atoms with Crippen molar-refractivity contribution in [2.45, 2.75) is 25.0 Å². The smallest absolute Gasteiger partial charge is 0.323 e. The average molecular weight is 219 g/mol. The monoisotopic (exact) mass is 219 g/mol. The lowest BCUT2D eigenvalue weighted by atomic mass is 10.3. The maximum absolute atomic E-state index is 11.2. The summed E-state index contributed by atoms with van der Waals surface area (Å²) in [6.45, 7) is 1.29. The van der Waals surface area contributed by atoms with E-state index >= 15 is 0 Å². The van der Waals surface area contributed by atoms with Crippen LogP contribution < -0.4 is 4.72 Å². The van der Waals surface area contributed by atoms with Gasteiger partial charge in [-0.15, -0.1) is 12.3 Å². The van der Waals surface area contributed by atoms with Crippen LogP contribution >= 0.6 is 0 Å². The van der Waals surface area contributed by atoms with Gasteiger partial charge in [-0.1, -0.05) is 0 Å². The van der Waals surface area contributed by atoms with E-state index in [9.17, 15) is 13.2 Å². The summed E-state index contributed by atoms with van der Waals surface area (Å²) >= 11 is 0. The molecule has 2 N–H and O–H groups in total. The summed E-state index contributed by atoms with van der Waals surface area (Å²) in [6, 6.07) is 0. The van der Waals surface area contributed by atoms with Crippen molar-refractivity contribution in [3.63, 3.8) is 0 Å². The number of nitrogens with one attached hydrogen (secondary N) is 1. The van der Waals surface area contributed by atoms with Crippen molar-refractivity contribution in [2.75, 3.05) is 6.54 Å². The van der Waals surface area contributed by atoms with E-state index in [-0.39, 0.29) is 6.54 Å². The van der Waals surface area contributed by atoms with Crippen molar-refractivity contribution in [1.29, 1.82) is 0 Å². The Bertz CT molecular complexity index is 328. The van der Waals surface area contributed by atoms with Crippen molar-refractivity contribution in [3.8, 4) is 12.3 Å². The van der Waals surface area contributed by atoms with Crippen LogP contribution in [0.2, 0.25) is 0 Å². The van der Waals surface area contributed by atoms with Crippen molar-refractivity contribution in [1.82, 2.24) is 4.72 Å². The van der Waals surface area contributed by atoms with E-state index in [1.807, 2.05) is 0 Å². The standard InChI is InChI=1S/C8H13NO4S/c1-3-4-5-6-9-14(12,13)7(2)8(10)11/h1,7,9H,4-6H2,2H3,(H,10,11). The van der Waals surface area contributed by atoms with Gasteiger partial charge in [-0.25, -0.2) is 13.1 Å². The molecule has 0 rings (SSSR count). The Morgan fingerprint density at radius 1 is 1.64 bits per heavy atom. The number of hydrogen-bond donors (Lipinski definition) is 2. The first-order valence-corrected chi connectivity index (χ1v) is 5.61. The number of carboxylic acid groups (broad SMARTS) is 1. The first-order valence-electron chi connectivity index (χ1n) is 4.06. The maximum atomic E-state index is 11.2. The Morgan fingerprint density at radius 3 is 2.64 bits per heavy atom. The molecule has 5 nitrogen and oxygen atoms in total. The summed E-state index contributed by atoms with van der Waals surface area (Å²) in [5.41, 5.74) is 0. The van der Waals surface area contributed by atoms with Crippen LogP contribution in [0.5, 0.6) is 0 Å². The Morgan fingerprint density at radius 2 is 2.21 bits per heavy atom. The van der Waals surface area contributed by atoms with E-state index in [4.69, 9.17) is 11.5 Å². The molecule has 0 amide bonds. The van der Waals surface area contributed by atoms with E-state index in [0.717, 1.165) is 6.92 Å². The molecule has 80 valence electrons. The van der Waals surface area contributed by atoms with E-state index in [1.54, 1.807) is 0 Å². The van der Waals surface area contributed by atoms with Crippen LogP contribution in [-0.2, 0) is 14.8 Å². The van der Waals surface area contributed by atoms with Crippen LogP contribution in [0, 0.1) is 12.3 Å². The Kier molecular flexibility index (Phi) is 5.20. The highest BCUT2D eigenvalue weighted by Gasteiger charge is 2.26. The fraction of sp³-hybridized carbons (Fsp3) is 0.625. The minimum absolute atomic E-state index is 0.171. The highest BCUT2D eigenvalue weighted by atomic mass is 32.2. The highest BCUT2D eigenvalue weighted by Crippen LogP contribution is 1.98. The third-order valence-electron chi connectivity index (χ3n) is 1.61. The van der Waals surface area contributed by atoms with Gasteiger partial charge in [-0.2, -0.15) is 0 Å². The van der Waals surface area contributed by atoms with Gasteiger partial charge in [0.25, 0.3) is 0 Å². The number of terminal acetylenes is 1. The molecule has 0 spiro atoms. The quantitative estimate of drug-likeness (QED) is 0.478. The molecule has 14 heavy (non-hydrogen) atoms. The zero-order chi connectivity index (χ0) is 11.2. The molecule has 0 saturated carbocycles. The largest absolute Gasteiger partial charge is 0.480 e. The van der Waals surface area contributed by atoms with E-state index in [2.05, 4.69) is 10.6 Å². The van der Waals surface area contributed by atoms with Gasteiger partial charge in [-0.3, -0.25) is 4.79 Å². The summed E-state index contributed by atoms with van der Waals surface area (Å²) < 4.78 is 24.6. The first kappa shape index (κ1) is 12.9. The van der Waals surface area contributed by atoms with Crippen LogP contribution in [0.25, 0.3) is 0 Å². The summed E-state index contributed by atoms with van der Waals surface area (Å²) in [4.78, 5) is 10.4. The molecule has 0 bridgehead atoms. The first-order chi connectivity index (χ1) is 6.41. The van der Waals surface area contributed by atoms with Gasteiger partial charge in [0, 0.05) is 13.0 Å². The molecule has 0 aromatic rings. The average Bonchev–Trinajstić information content (AvgIpc) is 2.11. The fourth-order valence-electron chi connectivity index (χ4n) is 0.663. The number of sulfonamides is 1. The number of rotatable bonds is 6. The fourth-order valence-corrected chi connectivity index (χ4v) is 1.61. The molecule has 6 heteroatoms. The molecule has 0 fully saturated rings. The number of carboxylic acids is 1. The molecule has 0 aromatic carbocycles. The molecule has 1 unspecified atom stereocenters. The summed E-state index contributed by atoms with van der Waals surface area (Å²) in [5, 5.41) is 7.03. The third kappa shape index (κ3) is 4.25. The minimum Gasteiger partial charge on any atom is -0.480 e. The topological polar surface area (TPSA) is 83.5 Å². The molecule has 0 aliphatic heterocycles. The Labute approximate surface area is 83.6 Å². The minimum atomic E-state index is -3.76. The van der Waals surface area contributed by atoms with Gasteiger partial charge in [0.15, 0.2) is 5.25 Å². The number of unbranched alkanes of at least 4 members (excludes halogenated alkanes) is 1. The molecule has 0 aromatic heterocycles. The Balaban J connectivity index is 4.10. The molecule has 1 atom stereocenters. The number of hydrogen-bond acceptors (Lipinski definition) is 3. The van der Waals surface area contributed by atoms with Crippen molar-refractivity contribution in [3.05, 3.63) is 0 Å². The maximum Gasteiger partial charge on any atom is 0.323 e. The second kappa shape index (κ2) is 5.62. The van der Waals surface area contributed by atoms with Crippen LogP contribution in [0.3, 0.4) is 0 Å². The van der Waals surface area contributed by atoms with E-state index < -0.39 is 21.2 Å². The van der Waals surface area contributed by atoms with Gasteiger partial charge in [0.1, 0.15) is 0 Å². The van der Waals surface area contributed by atoms with Crippen molar-refractivity contribution in [2.24, 2.45) is 0 Å². The van der Waals surface area contributed by atoms with Crippen LogP contribution in [0.15, 0.2) is 0 Å². The van der Waals surface area contributed by atoms with Gasteiger partial charge in [0.05, 0.1) is 0 Å². The molecular weight excluding hydrogens is 206 g/mol. The molecule has 0 aliphatic rings. The Hall–Kier alpha value is -1.06. The van der Waals surface area contributed by atoms with Crippen molar-refractivity contribution >= 4 is 16.0 Å². The summed E-state index contributed by atoms with van der Waals surface area (Å²) in [7, 11) is -3.76. The molecule has 0 saturated heterocycles. The highest BCUT2D eigenvalue weighted by molar-refractivity contribution is 7.90. The number of aliphatic carboxylic acids is 1. The SMILES string of the molecule is C#CCCCNS(=O)(=O)C(C)C(=O)O. The lowest BCUT2D eigenvalue weighted by molar-refractivity contribution is -0.136. The summed E-state index contributed by atoms with van der Waals surface area (Å²) in [5.74, 6) is 0.989. The molecule has 0 radical (unpaired) electrons. The van der Waals surface area contributed by atoms with Gasteiger partial charge < -0.3 is 5.11 Å². The zero-order valence-corrected chi connectivity index (χ0v) is 8.67. The van der Waals surface area contributed by atoms with Gasteiger partial charge >= 0.3 is 5.97 Å².